The molecule has 0 unspecified atom stereocenters. The van der Waals surface area contributed by atoms with E-state index in [-0.39, 0.29) is 18.1 Å². The van der Waals surface area contributed by atoms with Gasteiger partial charge in [-0.3, -0.25) is 4.68 Å². The quantitative estimate of drug-likeness (QED) is 0.675. The van der Waals surface area contributed by atoms with Gasteiger partial charge in [0.25, 0.3) is 0 Å². The first-order valence-electron chi connectivity index (χ1n) is 7.97. The van der Waals surface area contributed by atoms with Crippen LogP contribution in [0.15, 0.2) is 35.0 Å². The molecular formula is C17H21N5O3. The zero-order chi connectivity index (χ0) is 18.0. The molecule has 3 rings (SSSR count). The maximum Gasteiger partial charge on any atom is 0.323 e. The molecule has 2 amide bonds. The number of carbonyl (C=O) groups is 1. The number of nitrogens with one attached hydrogen (secondary N) is 2. The minimum atomic E-state index is -0.387. The fraction of sp³-hybridized carbons (Fsp3) is 0.353. The maximum atomic E-state index is 12.1. The zero-order valence-electron chi connectivity index (χ0n) is 14.4. The predicted octanol–water partition coefficient (Wildman–Crippen LogP) is 2.96. The molecule has 0 aliphatic carbocycles. The van der Waals surface area contributed by atoms with Gasteiger partial charge in [0.1, 0.15) is 5.52 Å². The predicted molar refractivity (Wildman–Crippen MR) is 94.7 cm³/mol. The summed E-state index contributed by atoms with van der Waals surface area (Å²) >= 11 is 0. The summed E-state index contributed by atoms with van der Waals surface area (Å²) < 4.78 is 7.29. The summed E-state index contributed by atoms with van der Waals surface area (Å²) in [6, 6.07) is 4.92. The molecule has 0 radical (unpaired) electrons. The molecule has 0 bridgehead atoms. The molecule has 8 nitrogen and oxygen atoms in total. The number of benzene rings is 1. The molecule has 3 N–H and O–H groups in total. The molecule has 0 saturated carbocycles. The Kier molecular flexibility index (Phi) is 4.45. The minimum absolute atomic E-state index is 0.0123. The smallest absolute Gasteiger partial charge is 0.323 e. The van der Waals surface area contributed by atoms with Gasteiger partial charge in [0, 0.05) is 17.3 Å². The zero-order valence-corrected chi connectivity index (χ0v) is 14.4. The van der Waals surface area contributed by atoms with E-state index >= 15 is 0 Å². The van der Waals surface area contributed by atoms with Crippen molar-refractivity contribution in [2.75, 3.05) is 17.2 Å². The van der Waals surface area contributed by atoms with Crippen molar-refractivity contribution >= 4 is 28.5 Å². The second-order valence-corrected chi connectivity index (χ2v) is 6.75. The number of fused-ring (bicyclic) bond motifs is 1. The lowest BCUT2D eigenvalue weighted by atomic mass is 9.97. The maximum absolute atomic E-state index is 12.1. The molecule has 2 heterocycles. The van der Waals surface area contributed by atoms with Gasteiger partial charge < -0.3 is 20.2 Å². The first-order chi connectivity index (χ1) is 11.8. The van der Waals surface area contributed by atoms with E-state index in [1.54, 1.807) is 29.1 Å². The third-order valence-electron chi connectivity index (χ3n) is 3.51. The lowest BCUT2D eigenvalue weighted by Crippen LogP contribution is -2.19. The van der Waals surface area contributed by atoms with Gasteiger partial charge >= 0.3 is 6.03 Å². The van der Waals surface area contributed by atoms with Gasteiger partial charge in [-0.05, 0) is 18.2 Å². The Morgan fingerprint density at radius 1 is 1.28 bits per heavy atom. The number of nitrogens with zero attached hydrogens (tertiary/aromatic N) is 3. The van der Waals surface area contributed by atoms with Crippen LogP contribution < -0.4 is 10.6 Å². The molecule has 0 aliphatic rings. The van der Waals surface area contributed by atoms with Crippen molar-refractivity contribution in [2.24, 2.45) is 0 Å². The average Bonchev–Trinajstić information content (AvgIpc) is 3.13. The summed E-state index contributed by atoms with van der Waals surface area (Å²) in [6.45, 7) is 6.45. The molecule has 0 atom stereocenters. The van der Waals surface area contributed by atoms with E-state index in [1.165, 1.54) is 6.20 Å². The van der Waals surface area contributed by atoms with E-state index in [9.17, 15) is 4.79 Å². The molecular weight excluding hydrogens is 322 g/mol. The minimum Gasteiger partial charge on any atom is -0.440 e. The Bertz CT molecular complexity index is 891. The van der Waals surface area contributed by atoms with Crippen molar-refractivity contribution in [3.63, 3.8) is 0 Å². The molecule has 0 spiro atoms. The molecule has 0 aliphatic heterocycles. The molecule has 132 valence electrons. The van der Waals surface area contributed by atoms with E-state index in [1.807, 2.05) is 20.8 Å². The number of anilines is 2. The van der Waals surface area contributed by atoms with Crippen LogP contribution in [0, 0.1) is 0 Å². The van der Waals surface area contributed by atoms with Crippen molar-refractivity contribution in [3.05, 3.63) is 36.5 Å². The van der Waals surface area contributed by atoms with Crippen molar-refractivity contribution in [3.8, 4) is 0 Å². The highest BCUT2D eigenvalue weighted by molar-refractivity contribution is 6.00. The second-order valence-electron chi connectivity index (χ2n) is 6.75. The number of aliphatic hydroxyl groups is 1. The van der Waals surface area contributed by atoms with Crippen molar-refractivity contribution in [2.45, 2.75) is 32.7 Å². The molecule has 0 saturated heterocycles. The Hall–Kier alpha value is -2.87. The molecule has 8 heteroatoms. The number of rotatable bonds is 4. The molecule has 1 aromatic carbocycles. The summed E-state index contributed by atoms with van der Waals surface area (Å²) in [7, 11) is 0. The lowest BCUT2D eigenvalue weighted by molar-refractivity contribution is 0.262. The van der Waals surface area contributed by atoms with Gasteiger partial charge in [0.2, 0.25) is 5.89 Å². The number of hydrogen-bond donors (Lipinski definition) is 3. The number of aliphatic hydroxyl groups excluding tert-OH is 1. The Balaban J connectivity index is 1.70. The number of urea groups is 1. The Labute approximate surface area is 144 Å². The van der Waals surface area contributed by atoms with Crippen LogP contribution in [0.5, 0.6) is 0 Å². The summed E-state index contributed by atoms with van der Waals surface area (Å²) in [4.78, 5) is 16.6. The first kappa shape index (κ1) is 17.0. The fourth-order valence-electron chi connectivity index (χ4n) is 2.27. The van der Waals surface area contributed by atoms with E-state index < -0.39 is 0 Å². The highest BCUT2D eigenvalue weighted by atomic mass is 16.3. The highest BCUT2D eigenvalue weighted by Crippen LogP contribution is 2.27. The summed E-state index contributed by atoms with van der Waals surface area (Å²) in [6.07, 6.45) is 3.16. The van der Waals surface area contributed by atoms with Crippen molar-refractivity contribution in [1.82, 2.24) is 14.8 Å². The van der Waals surface area contributed by atoms with Crippen LogP contribution in [-0.2, 0) is 12.0 Å². The van der Waals surface area contributed by atoms with Crippen LogP contribution in [0.3, 0.4) is 0 Å². The monoisotopic (exact) mass is 343 g/mol. The molecule has 3 aromatic rings. The number of hydrogen-bond acceptors (Lipinski definition) is 5. The SMILES string of the molecule is CC(C)(C)c1nc2cc(NC(=O)Nc3cnn(CCO)c3)ccc2o1. The highest BCUT2D eigenvalue weighted by Gasteiger charge is 2.21. The lowest BCUT2D eigenvalue weighted by Gasteiger charge is -2.11. The van der Waals surface area contributed by atoms with E-state index in [0.29, 0.717) is 34.9 Å². The van der Waals surface area contributed by atoms with Crippen LogP contribution in [0.2, 0.25) is 0 Å². The van der Waals surface area contributed by atoms with Gasteiger partial charge in [-0.25, -0.2) is 9.78 Å². The Morgan fingerprint density at radius 2 is 2.04 bits per heavy atom. The number of amides is 2. The van der Waals surface area contributed by atoms with Gasteiger partial charge in [-0.15, -0.1) is 0 Å². The summed E-state index contributed by atoms with van der Waals surface area (Å²) in [5.41, 5.74) is 2.35. The van der Waals surface area contributed by atoms with Crippen molar-refractivity contribution in [1.29, 1.82) is 0 Å². The number of aromatic nitrogens is 3. The molecule has 2 aromatic heterocycles. The van der Waals surface area contributed by atoms with E-state index in [2.05, 4.69) is 20.7 Å². The van der Waals surface area contributed by atoms with E-state index in [0.717, 1.165) is 0 Å². The van der Waals surface area contributed by atoms with Gasteiger partial charge in [0.05, 0.1) is 25.0 Å². The first-order valence-corrected chi connectivity index (χ1v) is 7.97. The Morgan fingerprint density at radius 3 is 2.76 bits per heavy atom. The topological polar surface area (TPSA) is 105 Å². The summed E-state index contributed by atoms with van der Waals surface area (Å²) in [5.74, 6) is 0.653. The van der Waals surface area contributed by atoms with Crippen LogP contribution in [0.4, 0.5) is 16.2 Å². The van der Waals surface area contributed by atoms with Crippen LogP contribution in [0.25, 0.3) is 11.1 Å². The van der Waals surface area contributed by atoms with Crippen LogP contribution >= 0.6 is 0 Å². The van der Waals surface area contributed by atoms with Crippen molar-refractivity contribution < 1.29 is 14.3 Å². The fourth-order valence-corrected chi connectivity index (χ4v) is 2.27. The molecule has 25 heavy (non-hydrogen) atoms. The van der Waals surface area contributed by atoms with E-state index in [4.69, 9.17) is 9.52 Å². The standard InChI is InChI=1S/C17H21N5O3/c1-17(2,3)15-21-13-8-11(4-5-14(13)25-15)19-16(24)20-12-9-18-22(10-12)6-7-23/h4-5,8-10,23H,6-7H2,1-3H3,(H2,19,20,24). The third-order valence-corrected chi connectivity index (χ3v) is 3.51. The largest absolute Gasteiger partial charge is 0.440 e. The number of oxazole rings is 1. The van der Waals surface area contributed by atoms with Crippen LogP contribution in [-0.4, -0.2) is 32.5 Å². The third kappa shape index (κ3) is 3.97. The average molecular weight is 343 g/mol. The van der Waals surface area contributed by atoms with Gasteiger partial charge in [-0.2, -0.15) is 5.10 Å². The van der Waals surface area contributed by atoms with Gasteiger partial charge in [0.15, 0.2) is 5.58 Å². The number of carbonyl (C=O) groups excluding carboxylic acids is 1. The normalized spacial score (nSPS) is 11.7. The van der Waals surface area contributed by atoms with Crippen LogP contribution in [0.1, 0.15) is 26.7 Å². The second kappa shape index (κ2) is 6.56. The summed E-state index contributed by atoms with van der Waals surface area (Å²) in [5, 5.41) is 18.3. The molecule has 0 fully saturated rings. The van der Waals surface area contributed by atoms with Gasteiger partial charge in [-0.1, -0.05) is 20.8 Å².